The van der Waals surface area contributed by atoms with Crippen molar-refractivity contribution >= 4 is 23.0 Å². The van der Waals surface area contributed by atoms with Gasteiger partial charge in [-0.1, -0.05) is 0 Å². The zero-order valence-corrected chi connectivity index (χ0v) is 10.8. The number of carboxylic acid groups (broad SMARTS) is 1. The highest BCUT2D eigenvalue weighted by Gasteiger charge is 2.09. The van der Waals surface area contributed by atoms with E-state index in [0.717, 1.165) is 0 Å². The van der Waals surface area contributed by atoms with Gasteiger partial charge in [-0.3, -0.25) is 0 Å². The number of aromatic carboxylic acids is 1. The number of nitrogen functional groups attached to an aromatic ring is 1. The van der Waals surface area contributed by atoms with Gasteiger partial charge in [0.05, 0.1) is 24.0 Å². The lowest BCUT2D eigenvalue weighted by Crippen LogP contribution is -1.99. The number of hydrogen-bond acceptors (Lipinski definition) is 5. The number of nitrogens with one attached hydrogen (secondary N) is 1. The molecule has 6 heteroatoms. The molecular weight excluding hydrogens is 260 g/mol. The van der Waals surface area contributed by atoms with Gasteiger partial charge < -0.3 is 26.0 Å². The van der Waals surface area contributed by atoms with Crippen LogP contribution in [0.1, 0.15) is 10.4 Å². The Morgan fingerprint density at radius 3 is 2.45 bits per heavy atom. The first kappa shape index (κ1) is 13.5. The molecule has 0 saturated heterocycles. The van der Waals surface area contributed by atoms with Crippen LogP contribution in [0.3, 0.4) is 0 Å². The molecular formula is C14H14N2O4. The van der Waals surface area contributed by atoms with Gasteiger partial charge in [-0.15, -0.1) is 0 Å². The number of rotatable bonds is 4. The average molecular weight is 274 g/mol. The Balaban J connectivity index is 2.29. The van der Waals surface area contributed by atoms with E-state index in [4.69, 9.17) is 15.6 Å². The summed E-state index contributed by atoms with van der Waals surface area (Å²) in [5.74, 6) is -0.615. The first-order valence-corrected chi connectivity index (χ1v) is 5.78. The molecule has 0 aliphatic heterocycles. The number of anilines is 3. The molecule has 0 spiro atoms. The molecule has 104 valence electrons. The van der Waals surface area contributed by atoms with Crippen molar-refractivity contribution in [3.8, 4) is 11.5 Å². The van der Waals surface area contributed by atoms with Gasteiger partial charge in [0.25, 0.3) is 0 Å². The molecule has 0 saturated carbocycles. The molecule has 0 fully saturated rings. The largest absolute Gasteiger partial charge is 0.506 e. The van der Waals surface area contributed by atoms with Crippen molar-refractivity contribution in [3.63, 3.8) is 0 Å². The van der Waals surface area contributed by atoms with E-state index in [1.807, 2.05) is 0 Å². The Labute approximate surface area is 115 Å². The number of benzene rings is 2. The fourth-order valence-electron chi connectivity index (χ4n) is 1.70. The number of nitrogens with two attached hydrogens (primary N) is 1. The number of phenols is 1. The molecule has 5 N–H and O–H groups in total. The van der Waals surface area contributed by atoms with E-state index in [1.165, 1.54) is 25.3 Å². The highest BCUT2D eigenvalue weighted by molar-refractivity contribution is 5.88. The minimum Gasteiger partial charge on any atom is -0.506 e. The van der Waals surface area contributed by atoms with Crippen LogP contribution in [0.25, 0.3) is 0 Å². The molecule has 2 aromatic carbocycles. The normalized spacial score (nSPS) is 10.1. The maximum atomic E-state index is 10.8. The fraction of sp³-hybridized carbons (Fsp3) is 0.0714. The van der Waals surface area contributed by atoms with Gasteiger partial charge in [0.2, 0.25) is 0 Å². The molecule has 0 radical (unpaired) electrons. The second-order valence-electron chi connectivity index (χ2n) is 4.12. The van der Waals surface area contributed by atoms with E-state index in [-0.39, 0.29) is 17.0 Å². The van der Waals surface area contributed by atoms with Crippen LogP contribution in [0.15, 0.2) is 36.4 Å². The minimum atomic E-state index is -0.983. The van der Waals surface area contributed by atoms with Crippen LogP contribution in [-0.4, -0.2) is 23.3 Å². The molecule has 0 unspecified atom stereocenters. The maximum Gasteiger partial charge on any atom is 0.335 e. The predicted octanol–water partition coefficient (Wildman–Crippen LogP) is 2.42. The Kier molecular flexibility index (Phi) is 3.65. The topological polar surface area (TPSA) is 105 Å². The third-order valence-electron chi connectivity index (χ3n) is 2.76. The molecule has 0 amide bonds. The molecule has 20 heavy (non-hydrogen) atoms. The third kappa shape index (κ3) is 2.74. The van der Waals surface area contributed by atoms with Crippen LogP contribution < -0.4 is 15.8 Å². The summed E-state index contributed by atoms with van der Waals surface area (Å²) in [6, 6.07) is 9.18. The SMILES string of the molecule is COc1cc(O)c(N)cc1Nc1ccc(C(=O)O)cc1. The van der Waals surface area contributed by atoms with E-state index in [1.54, 1.807) is 18.2 Å². The minimum absolute atomic E-state index is 0.0615. The summed E-state index contributed by atoms with van der Waals surface area (Å²) in [4.78, 5) is 10.8. The van der Waals surface area contributed by atoms with Gasteiger partial charge in [0.1, 0.15) is 11.5 Å². The first-order chi connectivity index (χ1) is 9.51. The molecule has 2 aromatic rings. The molecule has 0 aromatic heterocycles. The summed E-state index contributed by atoms with van der Waals surface area (Å²) in [6.07, 6.45) is 0. The van der Waals surface area contributed by atoms with Gasteiger partial charge >= 0.3 is 5.97 Å². The number of aromatic hydroxyl groups is 1. The second kappa shape index (κ2) is 5.40. The molecule has 0 atom stereocenters. The van der Waals surface area contributed by atoms with Gasteiger partial charge in [0.15, 0.2) is 0 Å². The molecule has 0 bridgehead atoms. The monoisotopic (exact) mass is 274 g/mol. The molecule has 0 heterocycles. The van der Waals surface area contributed by atoms with Crippen molar-refractivity contribution in [2.45, 2.75) is 0 Å². The van der Waals surface area contributed by atoms with E-state index in [2.05, 4.69) is 5.32 Å². The zero-order chi connectivity index (χ0) is 14.7. The number of ether oxygens (including phenoxy) is 1. The van der Waals surface area contributed by atoms with Crippen molar-refractivity contribution in [2.24, 2.45) is 0 Å². The fourth-order valence-corrected chi connectivity index (χ4v) is 1.70. The summed E-state index contributed by atoms with van der Waals surface area (Å²) in [5, 5.41) is 21.4. The molecule has 0 aliphatic carbocycles. The van der Waals surface area contributed by atoms with Gasteiger partial charge in [-0.05, 0) is 30.3 Å². The number of carbonyl (C=O) groups is 1. The third-order valence-corrected chi connectivity index (χ3v) is 2.76. The van der Waals surface area contributed by atoms with Crippen molar-refractivity contribution in [3.05, 3.63) is 42.0 Å². The summed E-state index contributed by atoms with van der Waals surface area (Å²) in [5.41, 5.74) is 7.31. The number of hydrogen-bond donors (Lipinski definition) is 4. The number of methoxy groups -OCH3 is 1. The van der Waals surface area contributed by atoms with Crippen molar-refractivity contribution < 1.29 is 19.7 Å². The van der Waals surface area contributed by atoms with Gasteiger partial charge in [0, 0.05) is 11.8 Å². The smallest absolute Gasteiger partial charge is 0.335 e. The van der Waals surface area contributed by atoms with Crippen LogP contribution >= 0.6 is 0 Å². The lowest BCUT2D eigenvalue weighted by Gasteiger charge is -2.13. The molecule has 2 rings (SSSR count). The summed E-state index contributed by atoms with van der Waals surface area (Å²) in [7, 11) is 1.48. The number of carboxylic acids is 1. The average Bonchev–Trinajstić information content (AvgIpc) is 2.43. The van der Waals surface area contributed by atoms with E-state index in [0.29, 0.717) is 17.1 Å². The Bertz CT molecular complexity index is 638. The molecule has 0 aliphatic rings. The van der Waals surface area contributed by atoms with Crippen LogP contribution in [0.4, 0.5) is 17.1 Å². The highest BCUT2D eigenvalue weighted by Crippen LogP contribution is 2.35. The maximum absolute atomic E-state index is 10.8. The van der Waals surface area contributed by atoms with Crippen molar-refractivity contribution in [1.82, 2.24) is 0 Å². The van der Waals surface area contributed by atoms with E-state index < -0.39 is 5.97 Å². The first-order valence-electron chi connectivity index (χ1n) is 5.78. The summed E-state index contributed by atoms with van der Waals surface area (Å²) < 4.78 is 5.14. The zero-order valence-electron chi connectivity index (χ0n) is 10.8. The predicted molar refractivity (Wildman–Crippen MR) is 75.8 cm³/mol. The van der Waals surface area contributed by atoms with Gasteiger partial charge in [-0.25, -0.2) is 4.79 Å². The summed E-state index contributed by atoms with van der Waals surface area (Å²) in [6.45, 7) is 0. The lowest BCUT2D eigenvalue weighted by molar-refractivity contribution is 0.0697. The van der Waals surface area contributed by atoms with Crippen LogP contribution in [0, 0.1) is 0 Å². The summed E-state index contributed by atoms with van der Waals surface area (Å²) >= 11 is 0. The number of phenolic OH excluding ortho intramolecular Hbond substituents is 1. The second-order valence-corrected chi connectivity index (χ2v) is 4.12. The highest BCUT2D eigenvalue weighted by atomic mass is 16.5. The quantitative estimate of drug-likeness (QED) is 0.388. The lowest BCUT2D eigenvalue weighted by atomic mass is 10.2. The van der Waals surface area contributed by atoms with Crippen LogP contribution in [0.5, 0.6) is 11.5 Å². The Morgan fingerprint density at radius 1 is 1.25 bits per heavy atom. The van der Waals surface area contributed by atoms with Crippen molar-refractivity contribution in [1.29, 1.82) is 0 Å². The van der Waals surface area contributed by atoms with E-state index >= 15 is 0 Å². The Hall–Kier alpha value is -2.89. The van der Waals surface area contributed by atoms with Crippen molar-refractivity contribution in [2.75, 3.05) is 18.2 Å². The van der Waals surface area contributed by atoms with Gasteiger partial charge in [-0.2, -0.15) is 0 Å². The van der Waals surface area contributed by atoms with E-state index in [9.17, 15) is 9.90 Å². The molecule has 6 nitrogen and oxygen atoms in total. The standard InChI is InChI=1S/C14H14N2O4/c1-20-13-7-12(17)10(15)6-11(13)16-9-4-2-8(3-5-9)14(18)19/h2-7,16-17H,15H2,1H3,(H,18,19). The van der Waals surface area contributed by atoms with Crippen LogP contribution in [0.2, 0.25) is 0 Å². The van der Waals surface area contributed by atoms with Crippen LogP contribution in [-0.2, 0) is 0 Å². The Morgan fingerprint density at radius 2 is 1.90 bits per heavy atom.